The molecule has 78 valence electrons. The molecule has 15 heavy (non-hydrogen) atoms. The molecule has 1 heterocycles. The molecular formula is C10H7FO4. The second-order valence-corrected chi connectivity index (χ2v) is 3.17. The molecule has 2 rings (SSSR count). The predicted molar refractivity (Wildman–Crippen MR) is 47.6 cm³/mol. The number of ketones is 1. The summed E-state index contributed by atoms with van der Waals surface area (Å²) in [4.78, 5) is 21.5. The van der Waals surface area contributed by atoms with E-state index in [4.69, 9.17) is 9.84 Å². The zero-order valence-corrected chi connectivity index (χ0v) is 7.62. The zero-order valence-electron chi connectivity index (χ0n) is 7.62. The number of fused-ring (bicyclic) bond motifs is 1. The number of hydrogen-bond acceptors (Lipinski definition) is 3. The normalized spacial score (nSPS) is 13.1. The fourth-order valence-electron chi connectivity index (χ4n) is 1.49. The van der Waals surface area contributed by atoms with Gasteiger partial charge in [0, 0.05) is 12.5 Å². The highest BCUT2D eigenvalue weighted by atomic mass is 19.1. The van der Waals surface area contributed by atoms with Gasteiger partial charge in [0.25, 0.3) is 5.78 Å². The summed E-state index contributed by atoms with van der Waals surface area (Å²) in [5, 5.41) is 8.46. The topological polar surface area (TPSA) is 63.6 Å². The van der Waals surface area contributed by atoms with E-state index in [1.807, 2.05) is 0 Å². The molecule has 4 nitrogen and oxygen atoms in total. The van der Waals surface area contributed by atoms with Crippen molar-refractivity contribution in [1.29, 1.82) is 0 Å². The van der Waals surface area contributed by atoms with Crippen molar-refractivity contribution >= 4 is 11.8 Å². The van der Waals surface area contributed by atoms with E-state index < -0.39 is 23.1 Å². The summed E-state index contributed by atoms with van der Waals surface area (Å²) < 4.78 is 18.4. The fraction of sp³-hybridized carbons (Fsp3) is 0.200. The minimum Gasteiger partial charge on any atom is -0.493 e. The number of Topliss-reactive ketones (excluding diaryl/α,β-unsaturated/α-hetero) is 1. The molecule has 1 aromatic carbocycles. The molecule has 0 saturated carbocycles. The molecule has 0 spiro atoms. The van der Waals surface area contributed by atoms with Crippen LogP contribution in [0.15, 0.2) is 12.1 Å². The predicted octanol–water partition coefficient (Wildman–Crippen LogP) is 1.03. The summed E-state index contributed by atoms with van der Waals surface area (Å²) >= 11 is 0. The van der Waals surface area contributed by atoms with Crippen molar-refractivity contribution in [3.05, 3.63) is 29.1 Å². The number of carbonyl (C=O) groups is 2. The number of carboxylic acid groups (broad SMARTS) is 1. The van der Waals surface area contributed by atoms with Crippen molar-refractivity contribution in [2.75, 3.05) is 6.61 Å². The van der Waals surface area contributed by atoms with E-state index >= 15 is 0 Å². The first-order chi connectivity index (χ1) is 7.09. The van der Waals surface area contributed by atoms with E-state index in [1.54, 1.807) is 0 Å². The first-order valence-electron chi connectivity index (χ1n) is 4.32. The van der Waals surface area contributed by atoms with Gasteiger partial charge in [0.1, 0.15) is 11.6 Å². The van der Waals surface area contributed by atoms with Crippen molar-refractivity contribution in [3.8, 4) is 5.75 Å². The largest absolute Gasteiger partial charge is 0.493 e. The minimum atomic E-state index is -1.66. The molecule has 0 aromatic heterocycles. The van der Waals surface area contributed by atoms with Crippen LogP contribution in [0.5, 0.6) is 5.75 Å². The van der Waals surface area contributed by atoms with Gasteiger partial charge < -0.3 is 9.84 Å². The van der Waals surface area contributed by atoms with Crippen molar-refractivity contribution in [3.63, 3.8) is 0 Å². The van der Waals surface area contributed by atoms with Gasteiger partial charge in [-0.2, -0.15) is 0 Å². The first-order valence-corrected chi connectivity index (χ1v) is 4.32. The molecule has 0 fully saturated rings. The minimum absolute atomic E-state index is 0.384. The third kappa shape index (κ3) is 1.56. The lowest BCUT2D eigenvalue weighted by atomic mass is 10.0. The standard InChI is InChI=1S/C10H7FO4/c11-7-4-8-5(1-2-15-8)3-6(7)9(12)10(13)14/h3-4H,1-2H2,(H,13,14). The van der Waals surface area contributed by atoms with Gasteiger partial charge in [0.05, 0.1) is 12.2 Å². The van der Waals surface area contributed by atoms with Gasteiger partial charge in [0.2, 0.25) is 0 Å². The molecule has 0 radical (unpaired) electrons. The lowest BCUT2D eigenvalue weighted by Crippen LogP contribution is -2.14. The first kappa shape index (κ1) is 9.64. The summed E-state index contributed by atoms with van der Waals surface area (Å²) in [6.07, 6.45) is 0.565. The smallest absolute Gasteiger partial charge is 0.377 e. The lowest BCUT2D eigenvalue weighted by Gasteiger charge is -2.02. The molecule has 0 bridgehead atoms. The molecular weight excluding hydrogens is 203 g/mol. The monoisotopic (exact) mass is 210 g/mol. The third-order valence-electron chi connectivity index (χ3n) is 2.22. The van der Waals surface area contributed by atoms with E-state index in [0.717, 1.165) is 6.07 Å². The Balaban J connectivity index is 2.49. The molecule has 0 atom stereocenters. The average molecular weight is 210 g/mol. The van der Waals surface area contributed by atoms with Crippen LogP contribution < -0.4 is 4.74 Å². The molecule has 1 aliphatic heterocycles. The van der Waals surface area contributed by atoms with Crippen LogP contribution >= 0.6 is 0 Å². The van der Waals surface area contributed by atoms with Crippen LogP contribution in [0.1, 0.15) is 15.9 Å². The number of hydrogen-bond donors (Lipinski definition) is 1. The van der Waals surface area contributed by atoms with E-state index in [2.05, 4.69) is 0 Å². The quantitative estimate of drug-likeness (QED) is 0.584. The Morgan fingerprint density at radius 1 is 1.40 bits per heavy atom. The third-order valence-corrected chi connectivity index (χ3v) is 2.22. The molecule has 1 aromatic rings. The van der Waals surface area contributed by atoms with Crippen LogP contribution in [-0.2, 0) is 11.2 Å². The van der Waals surface area contributed by atoms with Crippen molar-refractivity contribution in [2.45, 2.75) is 6.42 Å². The van der Waals surface area contributed by atoms with E-state index in [0.29, 0.717) is 24.3 Å². The van der Waals surface area contributed by atoms with Gasteiger partial charge >= 0.3 is 5.97 Å². The average Bonchev–Trinajstić information content (AvgIpc) is 2.62. The lowest BCUT2D eigenvalue weighted by molar-refractivity contribution is -0.131. The Morgan fingerprint density at radius 3 is 2.80 bits per heavy atom. The molecule has 0 saturated heterocycles. The fourth-order valence-corrected chi connectivity index (χ4v) is 1.49. The maximum Gasteiger partial charge on any atom is 0.377 e. The van der Waals surface area contributed by atoms with Crippen LogP contribution in [0.25, 0.3) is 0 Å². The highest BCUT2D eigenvalue weighted by molar-refractivity contribution is 6.39. The highest BCUT2D eigenvalue weighted by Gasteiger charge is 2.23. The maximum atomic E-state index is 13.3. The van der Waals surface area contributed by atoms with E-state index in [1.165, 1.54) is 6.07 Å². The van der Waals surface area contributed by atoms with Crippen LogP contribution in [-0.4, -0.2) is 23.5 Å². The molecule has 1 N–H and O–H groups in total. The molecule has 0 amide bonds. The van der Waals surface area contributed by atoms with Crippen LogP contribution in [0, 0.1) is 5.82 Å². The number of ether oxygens (including phenoxy) is 1. The Bertz CT molecular complexity index is 453. The van der Waals surface area contributed by atoms with Crippen LogP contribution in [0.3, 0.4) is 0 Å². The Kier molecular flexibility index (Phi) is 2.15. The zero-order chi connectivity index (χ0) is 11.0. The summed E-state index contributed by atoms with van der Waals surface area (Å²) in [5.74, 6) is -3.37. The Morgan fingerprint density at radius 2 is 2.13 bits per heavy atom. The van der Waals surface area contributed by atoms with Gasteiger partial charge in [-0.3, -0.25) is 4.79 Å². The van der Waals surface area contributed by atoms with Gasteiger partial charge in [-0.05, 0) is 11.6 Å². The van der Waals surface area contributed by atoms with Crippen molar-refractivity contribution in [1.82, 2.24) is 0 Å². The highest BCUT2D eigenvalue weighted by Crippen LogP contribution is 2.28. The molecule has 0 aliphatic carbocycles. The second-order valence-electron chi connectivity index (χ2n) is 3.17. The summed E-state index contributed by atoms with van der Waals surface area (Å²) in [6, 6.07) is 2.30. The summed E-state index contributed by atoms with van der Waals surface area (Å²) in [5.41, 5.74) is 0.257. The summed E-state index contributed by atoms with van der Waals surface area (Å²) in [6.45, 7) is 0.430. The maximum absolute atomic E-state index is 13.3. The van der Waals surface area contributed by atoms with Crippen LogP contribution in [0.4, 0.5) is 4.39 Å². The van der Waals surface area contributed by atoms with E-state index in [9.17, 15) is 14.0 Å². The molecule has 0 unspecified atom stereocenters. The molecule has 5 heteroatoms. The number of rotatable bonds is 2. The van der Waals surface area contributed by atoms with Crippen molar-refractivity contribution in [2.24, 2.45) is 0 Å². The van der Waals surface area contributed by atoms with E-state index in [-0.39, 0.29) is 0 Å². The van der Waals surface area contributed by atoms with Gasteiger partial charge in [-0.1, -0.05) is 0 Å². The number of aliphatic carboxylic acids is 1. The van der Waals surface area contributed by atoms with Crippen molar-refractivity contribution < 1.29 is 23.8 Å². The number of carbonyl (C=O) groups excluding carboxylic acids is 1. The SMILES string of the molecule is O=C(O)C(=O)c1cc2c(cc1F)OCC2. The Labute approximate surface area is 84.3 Å². The van der Waals surface area contributed by atoms with Gasteiger partial charge in [-0.25, -0.2) is 9.18 Å². The Hall–Kier alpha value is -1.91. The van der Waals surface area contributed by atoms with Gasteiger partial charge in [-0.15, -0.1) is 0 Å². The summed E-state index contributed by atoms with van der Waals surface area (Å²) in [7, 11) is 0. The van der Waals surface area contributed by atoms with Crippen LogP contribution in [0.2, 0.25) is 0 Å². The second kappa shape index (κ2) is 3.34. The number of benzene rings is 1. The molecule has 1 aliphatic rings. The van der Waals surface area contributed by atoms with Gasteiger partial charge in [0.15, 0.2) is 0 Å². The number of carboxylic acids is 1. The number of halogens is 1.